The Kier molecular flexibility index (Phi) is 3.62. The van der Waals surface area contributed by atoms with E-state index in [1.165, 1.54) is 18.3 Å². The van der Waals surface area contributed by atoms with Crippen molar-refractivity contribution >= 4 is 17.6 Å². The fraction of sp³-hybridized carbons (Fsp3) is 0.529. The standard InChI is InChI=1S/C17H21N3O4/c1-16(2)13-8-15(18-21)17(3,9-14(13)16)19(22)10-11-5-4-6-12(7-11)20(23)24/h4-7,10,13-14,21H,8-9H2,1-3H3/b18-15-,19-10-. The molecule has 7 heteroatoms. The number of nitro groups is 1. The number of nitro benzene ring substituents is 1. The van der Waals surface area contributed by atoms with E-state index in [4.69, 9.17) is 0 Å². The Balaban J connectivity index is 1.94. The van der Waals surface area contributed by atoms with Gasteiger partial charge in [0.05, 0.1) is 4.92 Å². The number of benzene rings is 1. The van der Waals surface area contributed by atoms with E-state index < -0.39 is 10.5 Å². The lowest BCUT2D eigenvalue weighted by Gasteiger charge is -2.31. The van der Waals surface area contributed by atoms with Crippen LogP contribution in [0.2, 0.25) is 0 Å². The van der Waals surface area contributed by atoms with E-state index >= 15 is 0 Å². The molecule has 0 aliphatic heterocycles. The first kappa shape index (κ1) is 16.4. The topological polar surface area (TPSA) is 102 Å². The van der Waals surface area contributed by atoms with Gasteiger partial charge in [-0.3, -0.25) is 10.1 Å². The molecule has 0 saturated heterocycles. The second-order valence-corrected chi connectivity index (χ2v) is 7.57. The molecule has 0 radical (unpaired) electrons. The third kappa shape index (κ3) is 2.44. The second kappa shape index (κ2) is 5.29. The van der Waals surface area contributed by atoms with Gasteiger partial charge in [0.2, 0.25) is 5.54 Å². The summed E-state index contributed by atoms with van der Waals surface area (Å²) in [7, 11) is 0. The molecule has 0 amide bonds. The fourth-order valence-corrected chi connectivity index (χ4v) is 4.00. The summed E-state index contributed by atoms with van der Waals surface area (Å²) < 4.78 is 0.783. The molecular weight excluding hydrogens is 310 g/mol. The van der Waals surface area contributed by atoms with E-state index in [-0.39, 0.29) is 11.1 Å². The van der Waals surface area contributed by atoms with Gasteiger partial charge < -0.3 is 10.4 Å². The largest absolute Gasteiger partial charge is 0.623 e. The molecule has 3 unspecified atom stereocenters. The minimum Gasteiger partial charge on any atom is -0.623 e. The number of nitrogens with zero attached hydrogens (tertiary/aromatic N) is 3. The third-order valence-electron chi connectivity index (χ3n) is 5.89. The Labute approximate surface area is 140 Å². The van der Waals surface area contributed by atoms with Gasteiger partial charge in [-0.25, -0.2) is 4.74 Å². The minimum atomic E-state index is -0.936. The van der Waals surface area contributed by atoms with E-state index in [1.807, 2.05) is 0 Å². The van der Waals surface area contributed by atoms with Crippen molar-refractivity contribution in [3.05, 3.63) is 45.2 Å². The molecule has 0 bridgehead atoms. The van der Waals surface area contributed by atoms with Gasteiger partial charge in [-0.2, -0.15) is 0 Å². The van der Waals surface area contributed by atoms with Gasteiger partial charge in [0.15, 0.2) is 6.21 Å². The smallest absolute Gasteiger partial charge is 0.270 e. The van der Waals surface area contributed by atoms with Gasteiger partial charge in [0, 0.05) is 31.0 Å². The fourth-order valence-electron chi connectivity index (χ4n) is 4.00. The van der Waals surface area contributed by atoms with Crippen molar-refractivity contribution in [2.45, 2.75) is 39.2 Å². The summed E-state index contributed by atoms with van der Waals surface area (Å²) in [5.41, 5.74) is 0.0836. The molecule has 128 valence electrons. The highest BCUT2D eigenvalue weighted by atomic mass is 16.6. The molecule has 0 spiro atoms. The van der Waals surface area contributed by atoms with E-state index in [0.29, 0.717) is 36.0 Å². The van der Waals surface area contributed by atoms with E-state index in [0.717, 1.165) is 4.74 Å². The Morgan fingerprint density at radius 2 is 2.00 bits per heavy atom. The van der Waals surface area contributed by atoms with Crippen molar-refractivity contribution in [2.24, 2.45) is 22.4 Å². The maximum absolute atomic E-state index is 12.8. The average molecular weight is 331 g/mol. The molecule has 1 N–H and O–H groups in total. The molecule has 7 nitrogen and oxygen atoms in total. The monoisotopic (exact) mass is 331 g/mol. The Hall–Kier alpha value is -2.44. The predicted octanol–water partition coefficient (Wildman–Crippen LogP) is 3.18. The highest BCUT2D eigenvalue weighted by Gasteiger charge is 2.66. The van der Waals surface area contributed by atoms with Crippen LogP contribution in [0, 0.1) is 32.6 Å². The predicted molar refractivity (Wildman–Crippen MR) is 89.5 cm³/mol. The SMILES string of the molecule is CC1(C)C2C/C(=N/O)C(C)(/[N+]([O-])=C/c3cccc([N+](=O)[O-])c3)CC21. The number of oxime groups is 1. The van der Waals surface area contributed by atoms with Gasteiger partial charge in [0.25, 0.3) is 5.69 Å². The number of fused-ring (bicyclic) bond motifs is 1. The zero-order chi connectivity index (χ0) is 17.7. The first-order valence-electron chi connectivity index (χ1n) is 7.97. The number of rotatable bonds is 3. The molecule has 0 aromatic heterocycles. The summed E-state index contributed by atoms with van der Waals surface area (Å²) in [5, 5.41) is 36.5. The van der Waals surface area contributed by atoms with Crippen LogP contribution in [0.3, 0.4) is 0 Å². The summed E-state index contributed by atoms with van der Waals surface area (Å²) in [6.07, 6.45) is 2.55. The van der Waals surface area contributed by atoms with Crippen molar-refractivity contribution in [2.75, 3.05) is 0 Å². The molecule has 2 fully saturated rings. The highest BCUT2D eigenvalue weighted by molar-refractivity contribution is 5.94. The summed E-state index contributed by atoms with van der Waals surface area (Å²) in [4.78, 5) is 10.4. The van der Waals surface area contributed by atoms with Crippen molar-refractivity contribution in [1.82, 2.24) is 0 Å². The Bertz CT molecular complexity index is 756. The summed E-state index contributed by atoms with van der Waals surface area (Å²) in [6, 6.07) is 5.93. The summed E-state index contributed by atoms with van der Waals surface area (Å²) in [5.74, 6) is 0.866. The number of hydrogen-bond donors (Lipinski definition) is 1. The van der Waals surface area contributed by atoms with Crippen LogP contribution in [0.1, 0.15) is 39.2 Å². The van der Waals surface area contributed by atoms with Gasteiger partial charge in [-0.15, -0.1) is 0 Å². The van der Waals surface area contributed by atoms with Crippen LogP contribution in [0.4, 0.5) is 5.69 Å². The van der Waals surface area contributed by atoms with E-state index in [9.17, 15) is 20.5 Å². The van der Waals surface area contributed by atoms with Crippen LogP contribution in [0.15, 0.2) is 29.4 Å². The molecule has 2 saturated carbocycles. The minimum absolute atomic E-state index is 0.0645. The lowest BCUT2D eigenvalue weighted by Crippen LogP contribution is -2.48. The zero-order valence-corrected chi connectivity index (χ0v) is 14.0. The molecule has 3 atom stereocenters. The van der Waals surface area contributed by atoms with Gasteiger partial charge in [-0.1, -0.05) is 25.1 Å². The molecule has 2 aliphatic rings. The maximum Gasteiger partial charge on any atom is 0.270 e. The van der Waals surface area contributed by atoms with Crippen LogP contribution < -0.4 is 0 Å². The number of hydroxylamine groups is 1. The maximum atomic E-state index is 12.8. The third-order valence-corrected chi connectivity index (χ3v) is 5.89. The highest BCUT2D eigenvalue weighted by Crippen LogP contribution is 2.66. The molecule has 0 heterocycles. The van der Waals surface area contributed by atoms with Crippen LogP contribution in [-0.2, 0) is 0 Å². The molecule has 1 aromatic carbocycles. The van der Waals surface area contributed by atoms with Crippen molar-refractivity contribution < 1.29 is 14.9 Å². The van der Waals surface area contributed by atoms with Gasteiger partial charge in [0.1, 0.15) is 5.71 Å². The van der Waals surface area contributed by atoms with E-state index in [2.05, 4.69) is 19.0 Å². The van der Waals surface area contributed by atoms with Crippen molar-refractivity contribution in [3.63, 3.8) is 0 Å². The quantitative estimate of drug-likeness (QED) is 0.229. The lowest BCUT2D eigenvalue weighted by atomic mass is 9.81. The zero-order valence-electron chi connectivity index (χ0n) is 14.0. The summed E-state index contributed by atoms with van der Waals surface area (Å²) in [6.45, 7) is 6.11. The van der Waals surface area contributed by atoms with Crippen LogP contribution in [-0.4, -0.2) is 32.3 Å². The molecule has 1 aromatic rings. The van der Waals surface area contributed by atoms with E-state index in [1.54, 1.807) is 19.1 Å². The second-order valence-electron chi connectivity index (χ2n) is 7.57. The molecule has 24 heavy (non-hydrogen) atoms. The Morgan fingerprint density at radius 1 is 1.29 bits per heavy atom. The lowest BCUT2D eigenvalue weighted by molar-refractivity contribution is -0.521. The molecular formula is C17H21N3O4. The first-order valence-corrected chi connectivity index (χ1v) is 7.97. The van der Waals surface area contributed by atoms with Gasteiger partial charge in [-0.05, 0) is 29.7 Å². The van der Waals surface area contributed by atoms with Crippen LogP contribution in [0.5, 0.6) is 0 Å². The molecule has 2 aliphatic carbocycles. The normalized spacial score (nSPS) is 33.1. The summed E-state index contributed by atoms with van der Waals surface area (Å²) >= 11 is 0. The first-order chi connectivity index (χ1) is 11.2. The number of hydrogen-bond acceptors (Lipinski definition) is 5. The van der Waals surface area contributed by atoms with Gasteiger partial charge >= 0.3 is 0 Å². The van der Waals surface area contributed by atoms with Crippen molar-refractivity contribution in [1.29, 1.82) is 0 Å². The average Bonchev–Trinajstić information content (AvgIpc) is 3.06. The van der Waals surface area contributed by atoms with Crippen molar-refractivity contribution in [3.8, 4) is 0 Å². The van der Waals surface area contributed by atoms with Crippen LogP contribution >= 0.6 is 0 Å². The number of non-ortho nitro benzene ring substituents is 1. The van der Waals surface area contributed by atoms with Crippen LogP contribution in [0.25, 0.3) is 0 Å². The Morgan fingerprint density at radius 3 is 2.62 bits per heavy atom. The molecule has 3 rings (SSSR count).